The summed E-state index contributed by atoms with van der Waals surface area (Å²) in [4.78, 5) is 12.3. The average Bonchev–Trinajstić information content (AvgIpc) is 2.74. The summed E-state index contributed by atoms with van der Waals surface area (Å²) < 4.78 is 60.5. The zero-order valence-electron chi connectivity index (χ0n) is 17.0. The van der Waals surface area contributed by atoms with Crippen molar-refractivity contribution in [1.82, 2.24) is 19.3 Å². The molecule has 0 radical (unpaired) electrons. The Bertz CT molecular complexity index is 1260. The first-order chi connectivity index (χ1) is 15.4. The Morgan fingerprint density at radius 1 is 1.09 bits per heavy atom. The Hall–Kier alpha value is -2.76. The number of fused-ring (bicyclic) bond motifs is 1. The highest BCUT2D eigenvalue weighted by Gasteiger charge is 2.38. The first-order valence-corrected chi connectivity index (χ1v) is 11.8. The highest BCUT2D eigenvalue weighted by atomic mass is 32.2. The van der Waals surface area contributed by atoms with E-state index in [4.69, 9.17) is 4.74 Å². The van der Waals surface area contributed by atoms with Gasteiger partial charge >= 0.3 is 0 Å². The second-order valence-electron chi connectivity index (χ2n) is 7.95. The quantitative estimate of drug-likeness (QED) is 0.624. The number of anilines is 1. The van der Waals surface area contributed by atoms with Crippen LogP contribution in [0.15, 0.2) is 36.7 Å². The van der Waals surface area contributed by atoms with Gasteiger partial charge in [-0.2, -0.15) is 0 Å². The summed E-state index contributed by atoms with van der Waals surface area (Å²) in [5.41, 5.74) is 0.478. The largest absolute Gasteiger partial charge is 0.378 e. The summed E-state index contributed by atoms with van der Waals surface area (Å²) in [6.07, 6.45) is 3.68. The minimum atomic E-state index is -3.33. The van der Waals surface area contributed by atoms with Crippen LogP contribution in [0.4, 0.5) is 14.7 Å². The normalized spacial score (nSPS) is 18.6. The van der Waals surface area contributed by atoms with Gasteiger partial charge in [0.2, 0.25) is 16.0 Å². The zero-order chi connectivity index (χ0) is 22.3. The predicted molar refractivity (Wildman–Crippen MR) is 114 cm³/mol. The molecule has 0 aliphatic carbocycles. The van der Waals surface area contributed by atoms with E-state index >= 15 is 0 Å². The van der Waals surface area contributed by atoms with Gasteiger partial charge in [-0.1, -0.05) is 6.07 Å². The third-order valence-electron chi connectivity index (χ3n) is 5.85. The monoisotopic (exact) mass is 461 g/mol. The molecule has 2 aliphatic rings. The SMILES string of the molecule is O=S(=O)(C1COC1)N1CCC(Nc2ncc(F)c(-c3cc(F)c4ncccc4c3)n2)CC1. The lowest BCUT2D eigenvalue weighted by Crippen LogP contribution is -2.52. The molecule has 32 heavy (non-hydrogen) atoms. The van der Waals surface area contributed by atoms with Gasteiger partial charge in [-0.25, -0.2) is 31.5 Å². The number of aromatic nitrogens is 3. The molecule has 168 valence electrons. The molecule has 2 saturated heterocycles. The number of nitrogens with zero attached hydrogens (tertiary/aromatic N) is 4. The number of pyridine rings is 1. The van der Waals surface area contributed by atoms with Crippen LogP contribution in [-0.4, -0.2) is 65.3 Å². The Morgan fingerprint density at radius 3 is 2.59 bits per heavy atom. The molecule has 3 aromatic rings. The molecule has 8 nitrogen and oxygen atoms in total. The van der Waals surface area contributed by atoms with Crippen molar-refractivity contribution in [2.75, 3.05) is 31.6 Å². The van der Waals surface area contributed by atoms with Crippen molar-refractivity contribution >= 4 is 26.9 Å². The summed E-state index contributed by atoms with van der Waals surface area (Å²) in [5.74, 6) is -1.01. The minimum Gasteiger partial charge on any atom is -0.378 e. The van der Waals surface area contributed by atoms with E-state index in [1.165, 1.54) is 16.6 Å². The Morgan fingerprint density at radius 2 is 1.88 bits per heavy atom. The van der Waals surface area contributed by atoms with Crippen molar-refractivity contribution in [1.29, 1.82) is 0 Å². The number of sulfonamides is 1. The van der Waals surface area contributed by atoms with E-state index in [1.807, 2.05) is 0 Å². The van der Waals surface area contributed by atoms with Gasteiger partial charge < -0.3 is 10.1 Å². The number of halogens is 2. The number of hydrogen-bond donors (Lipinski definition) is 1. The maximum Gasteiger partial charge on any atom is 0.223 e. The number of nitrogens with one attached hydrogen (secondary N) is 1. The fourth-order valence-corrected chi connectivity index (χ4v) is 5.64. The lowest BCUT2D eigenvalue weighted by Gasteiger charge is -2.36. The Labute approximate surface area is 183 Å². The molecule has 5 rings (SSSR count). The van der Waals surface area contributed by atoms with Crippen LogP contribution in [0.5, 0.6) is 0 Å². The van der Waals surface area contributed by atoms with Crippen LogP contribution < -0.4 is 5.32 Å². The number of hydrogen-bond acceptors (Lipinski definition) is 7. The molecule has 0 amide bonds. The molecule has 0 atom stereocenters. The molecular weight excluding hydrogens is 440 g/mol. The van der Waals surface area contributed by atoms with Crippen molar-refractivity contribution in [3.8, 4) is 11.3 Å². The fraction of sp³-hybridized carbons (Fsp3) is 0.381. The molecule has 0 spiro atoms. The van der Waals surface area contributed by atoms with Gasteiger partial charge in [0.1, 0.15) is 22.3 Å². The number of rotatable bonds is 5. The molecule has 0 unspecified atom stereocenters. The Kier molecular flexibility index (Phi) is 5.48. The van der Waals surface area contributed by atoms with Gasteiger partial charge in [-0.15, -0.1) is 0 Å². The van der Waals surface area contributed by atoms with E-state index in [0.717, 1.165) is 6.20 Å². The molecule has 11 heteroatoms. The van der Waals surface area contributed by atoms with E-state index in [0.29, 0.717) is 31.3 Å². The van der Waals surface area contributed by atoms with Crippen LogP contribution in [0.3, 0.4) is 0 Å². The highest BCUT2D eigenvalue weighted by Crippen LogP contribution is 2.28. The summed E-state index contributed by atoms with van der Waals surface area (Å²) in [5, 5.41) is 3.25. The summed E-state index contributed by atoms with van der Waals surface area (Å²) in [6, 6.07) is 6.16. The van der Waals surface area contributed by atoms with Gasteiger partial charge in [0.15, 0.2) is 5.82 Å². The molecule has 2 aromatic heterocycles. The molecule has 2 fully saturated rings. The van der Waals surface area contributed by atoms with Crippen LogP contribution in [-0.2, 0) is 14.8 Å². The van der Waals surface area contributed by atoms with Crippen molar-refractivity contribution in [3.05, 3.63) is 48.3 Å². The summed E-state index contributed by atoms with van der Waals surface area (Å²) in [7, 11) is -3.33. The number of piperidine rings is 1. The van der Waals surface area contributed by atoms with Crippen LogP contribution >= 0.6 is 0 Å². The van der Waals surface area contributed by atoms with E-state index in [1.54, 1.807) is 18.2 Å². The lowest BCUT2D eigenvalue weighted by molar-refractivity contribution is 0.0388. The third kappa shape index (κ3) is 3.91. The van der Waals surface area contributed by atoms with Crippen LogP contribution in [0, 0.1) is 11.6 Å². The van der Waals surface area contributed by atoms with Gasteiger partial charge in [0, 0.05) is 36.3 Å². The molecule has 1 N–H and O–H groups in total. The van der Waals surface area contributed by atoms with Gasteiger partial charge in [-0.3, -0.25) is 4.98 Å². The number of benzene rings is 1. The van der Waals surface area contributed by atoms with E-state index < -0.39 is 26.9 Å². The number of ether oxygens (including phenoxy) is 1. The van der Waals surface area contributed by atoms with Gasteiger partial charge in [-0.05, 0) is 31.0 Å². The predicted octanol–water partition coefficient (Wildman–Crippen LogP) is 2.57. The second-order valence-corrected chi connectivity index (χ2v) is 10.2. The zero-order valence-corrected chi connectivity index (χ0v) is 17.9. The molecule has 4 heterocycles. The standard InChI is InChI=1S/C21H21F2N5O3S/c22-17-9-14(8-13-2-1-5-24-19(13)17)20-18(23)10-25-21(27-20)26-15-3-6-28(7-4-15)32(29,30)16-11-31-12-16/h1-2,5,8-10,15-16H,3-4,6-7,11-12H2,(H,25,26,27). The lowest BCUT2D eigenvalue weighted by atomic mass is 10.1. The van der Waals surface area contributed by atoms with E-state index in [-0.39, 0.29) is 42.0 Å². The highest BCUT2D eigenvalue weighted by molar-refractivity contribution is 7.89. The molecule has 0 bridgehead atoms. The maximum absolute atomic E-state index is 14.5. The van der Waals surface area contributed by atoms with Crippen molar-refractivity contribution in [3.63, 3.8) is 0 Å². The molecule has 1 aromatic carbocycles. The second kappa shape index (κ2) is 8.30. The van der Waals surface area contributed by atoms with Gasteiger partial charge in [0.25, 0.3) is 0 Å². The first-order valence-electron chi connectivity index (χ1n) is 10.3. The van der Waals surface area contributed by atoms with E-state index in [2.05, 4.69) is 20.3 Å². The fourth-order valence-electron chi connectivity index (χ4n) is 3.96. The Balaban J connectivity index is 1.32. The van der Waals surface area contributed by atoms with Crippen molar-refractivity contribution in [2.24, 2.45) is 0 Å². The molecular formula is C21H21F2N5O3S. The van der Waals surface area contributed by atoms with Crippen molar-refractivity contribution in [2.45, 2.75) is 24.1 Å². The first kappa shape index (κ1) is 21.1. The van der Waals surface area contributed by atoms with E-state index in [9.17, 15) is 17.2 Å². The summed E-state index contributed by atoms with van der Waals surface area (Å²) in [6.45, 7) is 1.26. The molecule has 0 saturated carbocycles. The summed E-state index contributed by atoms with van der Waals surface area (Å²) >= 11 is 0. The average molecular weight is 461 g/mol. The topological polar surface area (TPSA) is 97.3 Å². The third-order valence-corrected chi connectivity index (χ3v) is 8.05. The smallest absolute Gasteiger partial charge is 0.223 e. The maximum atomic E-state index is 14.5. The van der Waals surface area contributed by atoms with Crippen molar-refractivity contribution < 1.29 is 21.9 Å². The minimum absolute atomic E-state index is 0.0165. The molecule has 2 aliphatic heterocycles. The van der Waals surface area contributed by atoms with Crippen LogP contribution in [0.2, 0.25) is 0 Å². The van der Waals surface area contributed by atoms with Crippen LogP contribution in [0.1, 0.15) is 12.8 Å². The van der Waals surface area contributed by atoms with Gasteiger partial charge in [0.05, 0.1) is 19.4 Å². The van der Waals surface area contributed by atoms with Crippen LogP contribution in [0.25, 0.3) is 22.2 Å².